The third kappa shape index (κ3) is 5.46. The van der Waals surface area contributed by atoms with Crippen LogP contribution in [-0.2, 0) is 4.74 Å². The summed E-state index contributed by atoms with van der Waals surface area (Å²) in [5, 5.41) is 3.08. The number of nitrogens with zero attached hydrogens (tertiary/aromatic N) is 1. The van der Waals surface area contributed by atoms with Gasteiger partial charge in [0.05, 0.1) is 12.6 Å². The molecular formula is C12H17F3N2O. The summed E-state index contributed by atoms with van der Waals surface area (Å²) in [6.45, 7) is 3.16. The Labute approximate surface area is 104 Å². The van der Waals surface area contributed by atoms with Gasteiger partial charge in [-0.05, 0) is 24.6 Å². The summed E-state index contributed by atoms with van der Waals surface area (Å²) in [4.78, 5) is 4.03. The molecule has 0 saturated heterocycles. The van der Waals surface area contributed by atoms with E-state index in [1.54, 1.807) is 12.4 Å². The van der Waals surface area contributed by atoms with Gasteiger partial charge in [0, 0.05) is 12.4 Å². The van der Waals surface area contributed by atoms with E-state index < -0.39 is 12.8 Å². The van der Waals surface area contributed by atoms with Crippen LogP contribution in [0.1, 0.15) is 24.1 Å². The number of aromatic nitrogens is 1. The van der Waals surface area contributed by atoms with Crippen molar-refractivity contribution in [2.24, 2.45) is 0 Å². The van der Waals surface area contributed by atoms with Gasteiger partial charge in [-0.15, -0.1) is 0 Å². The van der Waals surface area contributed by atoms with E-state index in [9.17, 15) is 13.2 Å². The van der Waals surface area contributed by atoms with Gasteiger partial charge in [0.15, 0.2) is 0 Å². The Balaban J connectivity index is 2.60. The number of likely N-dealkylation sites (N-methyl/N-ethyl adjacent to an activating group) is 1. The summed E-state index contributed by atoms with van der Waals surface area (Å²) in [5.41, 5.74) is 1.80. The SMILES string of the molecule is CCNC(COCC(F)(F)F)c1cncc(C)c1. The van der Waals surface area contributed by atoms with Gasteiger partial charge in [-0.3, -0.25) is 4.98 Å². The molecule has 1 N–H and O–H groups in total. The molecule has 1 heterocycles. The number of aryl methyl sites for hydroxylation is 1. The minimum absolute atomic E-state index is 0.0293. The second-order valence-electron chi connectivity index (χ2n) is 4.04. The Morgan fingerprint density at radius 3 is 2.67 bits per heavy atom. The first kappa shape index (κ1) is 14.9. The third-order valence-electron chi connectivity index (χ3n) is 2.30. The standard InChI is InChI=1S/C12H17F3N2O/c1-3-17-11(7-18-8-12(13,14)15)10-4-9(2)5-16-6-10/h4-6,11,17H,3,7-8H2,1-2H3. The number of alkyl halides is 3. The van der Waals surface area contributed by atoms with Crippen LogP contribution in [0.3, 0.4) is 0 Å². The topological polar surface area (TPSA) is 34.1 Å². The van der Waals surface area contributed by atoms with Crippen molar-refractivity contribution >= 4 is 0 Å². The average molecular weight is 262 g/mol. The van der Waals surface area contributed by atoms with Crippen LogP contribution < -0.4 is 5.32 Å². The highest BCUT2D eigenvalue weighted by molar-refractivity contribution is 5.20. The van der Waals surface area contributed by atoms with Crippen molar-refractivity contribution < 1.29 is 17.9 Å². The first-order valence-corrected chi connectivity index (χ1v) is 5.72. The van der Waals surface area contributed by atoms with Crippen molar-refractivity contribution in [3.8, 4) is 0 Å². The molecule has 0 aliphatic rings. The Bertz CT molecular complexity index is 369. The Hall–Kier alpha value is -1.14. The second-order valence-corrected chi connectivity index (χ2v) is 4.04. The molecule has 1 unspecified atom stereocenters. The molecule has 1 atom stereocenters. The quantitative estimate of drug-likeness (QED) is 0.855. The number of hydrogen-bond acceptors (Lipinski definition) is 3. The zero-order chi connectivity index (χ0) is 13.6. The predicted octanol–water partition coefficient (Wildman–Crippen LogP) is 2.62. The lowest BCUT2D eigenvalue weighted by Crippen LogP contribution is -2.28. The van der Waals surface area contributed by atoms with E-state index >= 15 is 0 Å². The zero-order valence-electron chi connectivity index (χ0n) is 10.4. The van der Waals surface area contributed by atoms with Crippen molar-refractivity contribution in [2.75, 3.05) is 19.8 Å². The largest absolute Gasteiger partial charge is 0.411 e. The average Bonchev–Trinajstić information content (AvgIpc) is 2.26. The summed E-state index contributed by atoms with van der Waals surface area (Å²) in [6, 6.07) is 1.61. The fraction of sp³-hybridized carbons (Fsp3) is 0.583. The molecule has 102 valence electrons. The fourth-order valence-electron chi connectivity index (χ4n) is 1.58. The van der Waals surface area contributed by atoms with Crippen molar-refractivity contribution in [1.29, 1.82) is 0 Å². The molecule has 0 aromatic carbocycles. The van der Waals surface area contributed by atoms with Crippen LogP contribution >= 0.6 is 0 Å². The molecule has 0 radical (unpaired) electrons. The summed E-state index contributed by atoms with van der Waals surface area (Å²) >= 11 is 0. The van der Waals surface area contributed by atoms with E-state index in [0.717, 1.165) is 11.1 Å². The predicted molar refractivity (Wildman–Crippen MR) is 62.3 cm³/mol. The highest BCUT2D eigenvalue weighted by Crippen LogP contribution is 2.17. The number of hydrogen-bond donors (Lipinski definition) is 1. The molecule has 3 nitrogen and oxygen atoms in total. The molecular weight excluding hydrogens is 245 g/mol. The van der Waals surface area contributed by atoms with Gasteiger partial charge in [-0.2, -0.15) is 13.2 Å². The lowest BCUT2D eigenvalue weighted by atomic mass is 10.1. The molecule has 1 aromatic heterocycles. The number of pyridine rings is 1. The zero-order valence-corrected chi connectivity index (χ0v) is 10.4. The molecule has 0 amide bonds. The molecule has 1 rings (SSSR count). The van der Waals surface area contributed by atoms with Gasteiger partial charge in [0.1, 0.15) is 6.61 Å². The molecule has 18 heavy (non-hydrogen) atoms. The van der Waals surface area contributed by atoms with Crippen LogP contribution in [0.25, 0.3) is 0 Å². The molecule has 0 aliphatic heterocycles. The molecule has 6 heteroatoms. The maximum absolute atomic E-state index is 12.0. The van der Waals surface area contributed by atoms with Crippen LogP contribution in [0.2, 0.25) is 0 Å². The van der Waals surface area contributed by atoms with Gasteiger partial charge in [0.2, 0.25) is 0 Å². The van der Waals surface area contributed by atoms with Gasteiger partial charge in [0.25, 0.3) is 0 Å². The molecule has 0 aliphatic carbocycles. The molecule has 1 aromatic rings. The van der Waals surface area contributed by atoms with Gasteiger partial charge in [-0.25, -0.2) is 0 Å². The van der Waals surface area contributed by atoms with Crippen LogP contribution in [0.15, 0.2) is 18.5 Å². The smallest absolute Gasteiger partial charge is 0.370 e. The molecule has 0 saturated carbocycles. The highest BCUT2D eigenvalue weighted by Gasteiger charge is 2.28. The summed E-state index contributed by atoms with van der Waals surface area (Å²) < 4.78 is 40.7. The highest BCUT2D eigenvalue weighted by atomic mass is 19.4. The molecule has 0 bridgehead atoms. The minimum atomic E-state index is -4.29. The van der Waals surface area contributed by atoms with E-state index in [2.05, 4.69) is 10.3 Å². The fourth-order valence-corrected chi connectivity index (χ4v) is 1.58. The first-order valence-electron chi connectivity index (χ1n) is 5.72. The first-order chi connectivity index (χ1) is 8.42. The Morgan fingerprint density at radius 2 is 2.11 bits per heavy atom. The van der Waals surface area contributed by atoms with Crippen molar-refractivity contribution in [2.45, 2.75) is 26.1 Å². The number of nitrogens with one attached hydrogen (secondary N) is 1. The van der Waals surface area contributed by atoms with E-state index in [1.807, 2.05) is 19.9 Å². The number of rotatable bonds is 6. The number of ether oxygens (including phenoxy) is 1. The van der Waals surface area contributed by atoms with Gasteiger partial charge >= 0.3 is 6.18 Å². The minimum Gasteiger partial charge on any atom is -0.370 e. The summed E-state index contributed by atoms with van der Waals surface area (Å²) in [6.07, 6.45) is -0.956. The van der Waals surface area contributed by atoms with Crippen LogP contribution in [0.4, 0.5) is 13.2 Å². The summed E-state index contributed by atoms with van der Waals surface area (Å²) in [5.74, 6) is 0. The summed E-state index contributed by atoms with van der Waals surface area (Å²) in [7, 11) is 0. The van der Waals surface area contributed by atoms with Crippen LogP contribution in [0.5, 0.6) is 0 Å². The van der Waals surface area contributed by atoms with Gasteiger partial charge in [-0.1, -0.05) is 13.0 Å². The normalized spacial score (nSPS) is 13.6. The Kier molecular flexibility index (Phi) is 5.55. The third-order valence-corrected chi connectivity index (χ3v) is 2.30. The second kappa shape index (κ2) is 6.70. The Morgan fingerprint density at radius 1 is 1.39 bits per heavy atom. The molecule has 0 fully saturated rings. The van der Waals surface area contributed by atoms with E-state index in [-0.39, 0.29) is 12.6 Å². The van der Waals surface area contributed by atoms with Crippen molar-refractivity contribution in [3.63, 3.8) is 0 Å². The lowest BCUT2D eigenvalue weighted by molar-refractivity contribution is -0.175. The van der Waals surface area contributed by atoms with Crippen LogP contribution in [-0.4, -0.2) is 30.9 Å². The van der Waals surface area contributed by atoms with E-state index in [4.69, 9.17) is 4.74 Å². The lowest BCUT2D eigenvalue weighted by Gasteiger charge is -2.19. The van der Waals surface area contributed by atoms with Crippen LogP contribution in [0, 0.1) is 6.92 Å². The number of halogens is 3. The van der Waals surface area contributed by atoms with E-state index in [0.29, 0.717) is 6.54 Å². The van der Waals surface area contributed by atoms with Crippen molar-refractivity contribution in [3.05, 3.63) is 29.6 Å². The monoisotopic (exact) mass is 262 g/mol. The molecule has 0 spiro atoms. The van der Waals surface area contributed by atoms with Crippen molar-refractivity contribution in [1.82, 2.24) is 10.3 Å². The maximum atomic E-state index is 12.0. The van der Waals surface area contributed by atoms with E-state index in [1.165, 1.54) is 0 Å². The van der Waals surface area contributed by atoms with Gasteiger partial charge < -0.3 is 10.1 Å². The maximum Gasteiger partial charge on any atom is 0.411 e.